The van der Waals surface area contributed by atoms with Crippen LogP contribution in [0.1, 0.15) is 109 Å². The molecule has 2 aromatic rings. The number of carbonyl (C=O) groups excluding carboxylic acids is 1. The Hall–Kier alpha value is -2.35. The molecule has 184 valence electrons. The Balaban J connectivity index is 1.45. The Labute approximate surface area is 207 Å². The molecule has 0 N–H and O–H groups in total. The van der Waals surface area contributed by atoms with E-state index in [1.165, 1.54) is 87.3 Å². The zero-order valence-electron chi connectivity index (χ0n) is 21.5. The summed E-state index contributed by atoms with van der Waals surface area (Å²) in [5, 5.41) is 0. The maximum absolute atomic E-state index is 12.1. The molecule has 0 radical (unpaired) electrons. The van der Waals surface area contributed by atoms with Gasteiger partial charge in [0.25, 0.3) is 0 Å². The van der Waals surface area contributed by atoms with Crippen LogP contribution in [0.5, 0.6) is 5.75 Å². The van der Waals surface area contributed by atoms with Gasteiger partial charge in [-0.25, -0.2) is 0 Å². The molecule has 0 bridgehead atoms. The minimum Gasteiger partial charge on any atom is -0.427 e. The van der Waals surface area contributed by atoms with Crippen molar-refractivity contribution in [1.29, 1.82) is 0 Å². The van der Waals surface area contributed by atoms with Crippen LogP contribution in [-0.2, 0) is 4.79 Å². The lowest BCUT2D eigenvalue weighted by Gasteiger charge is -2.22. The zero-order chi connectivity index (χ0) is 24.0. The van der Waals surface area contributed by atoms with E-state index in [1.807, 2.05) is 24.3 Å². The summed E-state index contributed by atoms with van der Waals surface area (Å²) >= 11 is 0. The van der Waals surface area contributed by atoms with Crippen LogP contribution in [-0.4, -0.2) is 5.97 Å². The molecule has 0 aromatic heterocycles. The molecule has 0 heterocycles. The number of allylic oxidation sites excluding steroid dienone is 2. The molecule has 1 aliphatic rings. The summed E-state index contributed by atoms with van der Waals surface area (Å²) in [4.78, 5) is 12.1. The second-order valence-electron chi connectivity index (χ2n) is 9.96. The number of hydrogen-bond acceptors (Lipinski definition) is 2. The monoisotopic (exact) mass is 460 g/mol. The minimum absolute atomic E-state index is 0.124. The topological polar surface area (TPSA) is 26.3 Å². The molecule has 2 aromatic carbocycles. The van der Waals surface area contributed by atoms with E-state index in [0.717, 1.165) is 24.3 Å². The fourth-order valence-corrected chi connectivity index (χ4v) is 4.92. The summed E-state index contributed by atoms with van der Waals surface area (Å²) in [6.07, 6.45) is 19.3. The lowest BCUT2D eigenvalue weighted by molar-refractivity contribution is -0.134. The van der Waals surface area contributed by atoms with Gasteiger partial charge in [-0.3, -0.25) is 4.79 Å². The number of hydrogen-bond donors (Lipinski definition) is 0. The van der Waals surface area contributed by atoms with E-state index >= 15 is 0 Å². The molecule has 1 unspecified atom stereocenters. The quantitative estimate of drug-likeness (QED) is 0.159. The van der Waals surface area contributed by atoms with E-state index < -0.39 is 0 Å². The highest BCUT2D eigenvalue weighted by Crippen LogP contribution is 2.33. The lowest BCUT2D eigenvalue weighted by atomic mass is 9.83. The average molecular weight is 461 g/mol. The van der Waals surface area contributed by atoms with E-state index in [9.17, 15) is 4.79 Å². The highest BCUT2D eigenvalue weighted by molar-refractivity contribution is 5.74. The van der Waals surface area contributed by atoms with E-state index in [0.29, 0.717) is 12.2 Å². The first kappa shape index (κ1) is 26.3. The Morgan fingerprint density at radius 1 is 0.765 bits per heavy atom. The van der Waals surface area contributed by atoms with Crippen molar-refractivity contribution in [2.24, 2.45) is 5.92 Å². The molecule has 0 amide bonds. The van der Waals surface area contributed by atoms with Crippen LogP contribution in [0.3, 0.4) is 0 Å². The SMILES string of the molecule is CCCCCCCCC(=O)Oc1ccc(-c2ccc(C3=CCC(CCCCC)CC3)cc2)cc1. The molecule has 1 aliphatic carbocycles. The molecule has 3 rings (SSSR count). The van der Waals surface area contributed by atoms with Crippen LogP contribution >= 0.6 is 0 Å². The Bertz CT molecular complexity index is 876. The standard InChI is InChI=1S/C32H44O2/c1-3-5-7-8-9-11-13-32(33)34-31-24-22-30(23-25-31)29-20-18-28(19-21-29)27-16-14-26(15-17-27)12-10-6-4-2/h16,18-26H,3-15,17H2,1-2H3. The van der Waals surface area contributed by atoms with Crippen molar-refractivity contribution in [2.75, 3.05) is 0 Å². The maximum atomic E-state index is 12.1. The second kappa shape index (κ2) is 14.8. The highest BCUT2D eigenvalue weighted by atomic mass is 16.5. The number of unbranched alkanes of at least 4 members (excludes halogenated alkanes) is 7. The normalized spacial score (nSPS) is 15.7. The summed E-state index contributed by atoms with van der Waals surface area (Å²) < 4.78 is 5.52. The average Bonchev–Trinajstić information content (AvgIpc) is 2.87. The van der Waals surface area contributed by atoms with Crippen LogP contribution in [0.25, 0.3) is 16.7 Å². The molecule has 0 saturated heterocycles. The first-order valence-corrected chi connectivity index (χ1v) is 13.8. The fraction of sp³-hybridized carbons (Fsp3) is 0.531. The van der Waals surface area contributed by atoms with Crippen LogP contribution in [0.2, 0.25) is 0 Å². The van der Waals surface area contributed by atoms with Gasteiger partial charge in [0, 0.05) is 6.42 Å². The Morgan fingerprint density at radius 3 is 2.00 bits per heavy atom. The molecule has 0 saturated carbocycles. The summed E-state index contributed by atoms with van der Waals surface area (Å²) in [6, 6.07) is 16.8. The predicted octanol–water partition coefficient (Wildman–Crippen LogP) is 9.77. The third-order valence-corrected chi connectivity index (χ3v) is 7.14. The second-order valence-corrected chi connectivity index (χ2v) is 9.96. The van der Waals surface area contributed by atoms with E-state index in [-0.39, 0.29) is 5.97 Å². The molecule has 0 aliphatic heterocycles. The molecular weight excluding hydrogens is 416 g/mol. The maximum Gasteiger partial charge on any atom is 0.311 e. The van der Waals surface area contributed by atoms with E-state index in [1.54, 1.807) is 0 Å². The van der Waals surface area contributed by atoms with Crippen molar-refractivity contribution in [1.82, 2.24) is 0 Å². The van der Waals surface area contributed by atoms with Crippen molar-refractivity contribution < 1.29 is 9.53 Å². The van der Waals surface area contributed by atoms with Gasteiger partial charge in [-0.2, -0.15) is 0 Å². The van der Waals surface area contributed by atoms with Gasteiger partial charge in [-0.15, -0.1) is 0 Å². The smallest absolute Gasteiger partial charge is 0.311 e. The van der Waals surface area contributed by atoms with Gasteiger partial charge >= 0.3 is 5.97 Å². The lowest BCUT2D eigenvalue weighted by Crippen LogP contribution is -2.07. The molecule has 2 heteroatoms. The van der Waals surface area contributed by atoms with Crippen LogP contribution in [0, 0.1) is 5.92 Å². The number of esters is 1. The van der Waals surface area contributed by atoms with Gasteiger partial charge in [-0.05, 0) is 66.0 Å². The summed E-state index contributed by atoms with van der Waals surface area (Å²) in [5.74, 6) is 1.39. The molecule has 1 atom stereocenters. The van der Waals surface area contributed by atoms with Crippen molar-refractivity contribution in [3.63, 3.8) is 0 Å². The largest absolute Gasteiger partial charge is 0.427 e. The molecule has 0 spiro atoms. The Morgan fingerprint density at radius 2 is 1.35 bits per heavy atom. The van der Waals surface area contributed by atoms with Gasteiger partial charge in [0.05, 0.1) is 0 Å². The third kappa shape index (κ3) is 8.78. The predicted molar refractivity (Wildman–Crippen MR) is 145 cm³/mol. The number of carbonyl (C=O) groups is 1. The van der Waals surface area contributed by atoms with Gasteiger partial charge in [0.2, 0.25) is 0 Å². The van der Waals surface area contributed by atoms with Gasteiger partial charge in [0.15, 0.2) is 0 Å². The summed E-state index contributed by atoms with van der Waals surface area (Å²) in [5.41, 5.74) is 5.21. The van der Waals surface area contributed by atoms with E-state index in [4.69, 9.17) is 4.74 Å². The molecular formula is C32H44O2. The number of benzene rings is 2. The molecule has 34 heavy (non-hydrogen) atoms. The highest BCUT2D eigenvalue weighted by Gasteiger charge is 2.15. The van der Waals surface area contributed by atoms with Gasteiger partial charge < -0.3 is 4.74 Å². The van der Waals surface area contributed by atoms with Crippen LogP contribution < -0.4 is 4.74 Å². The van der Waals surface area contributed by atoms with Crippen LogP contribution in [0.15, 0.2) is 54.6 Å². The number of rotatable bonds is 14. The zero-order valence-corrected chi connectivity index (χ0v) is 21.5. The first-order chi connectivity index (χ1) is 16.7. The fourth-order valence-electron chi connectivity index (χ4n) is 4.92. The van der Waals surface area contributed by atoms with Crippen molar-refractivity contribution >= 4 is 11.5 Å². The summed E-state index contributed by atoms with van der Waals surface area (Å²) in [7, 11) is 0. The Kier molecular flexibility index (Phi) is 11.4. The first-order valence-electron chi connectivity index (χ1n) is 13.8. The summed E-state index contributed by atoms with van der Waals surface area (Å²) in [6.45, 7) is 4.50. The van der Waals surface area contributed by atoms with E-state index in [2.05, 4.69) is 44.2 Å². The van der Waals surface area contributed by atoms with Gasteiger partial charge in [0.1, 0.15) is 5.75 Å². The minimum atomic E-state index is -0.124. The van der Waals surface area contributed by atoms with Crippen molar-refractivity contribution in [3.8, 4) is 16.9 Å². The third-order valence-electron chi connectivity index (χ3n) is 7.14. The van der Waals surface area contributed by atoms with Crippen molar-refractivity contribution in [3.05, 3.63) is 60.2 Å². The number of ether oxygens (including phenoxy) is 1. The molecule has 0 fully saturated rings. The van der Waals surface area contributed by atoms with Crippen molar-refractivity contribution in [2.45, 2.75) is 104 Å². The van der Waals surface area contributed by atoms with Gasteiger partial charge in [-0.1, -0.05) is 114 Å². The molecule has 2 nitrogen and oxygen atoms in total. The van der Waals surface area contributed by atoms with Crippen LogP contribution in [0.4, 0.5) is 0 Å².